The van der Waals surface area contributed by atoms with Gasteiger partial charge < -0.3 is 10.1 Å². The Morgan fingerprint density at radius 2 is 1.91 bits per heavy atom. The van der Waals surface area contributed by atoms with Crippen molar-refractivity contribution >= 4 is 27.8 Å². The summed E-state index contributed by atoms with van der Waals surface area (Å²) >= 11 is 0.908. The van der Waals surface area contributed by atoms with Crippen LogP contribution in [0.4, 0.5) is 4.79 Å². The third-order valence-electron chi connectivity index (χ3n) is 4.18. The molecule has 0 spiro atoms. The summed E-state index contributed by atoms with van der Waals surface area (Å²) in [7, 11) is 0. The van der Waals surface area contributed by atoms with Gasteiger partial charge >= 0.3 is 10.9 Å². The molecular weight excluding hydrogens is 316 g/mol. The first kappa shape index (κ1) is 15.9. The predicted molar refractivity (Wildman–Crippen MR) is 88.7 cm³/mol. The van der Waals surface area contributed by atoms with E-state index in [0.717, 1.165) is 28.6 Å². The number of carbonyl (C=O) groups is 1. The zero-order chi connectivity index (χ0) is 16.8. The van der Waals surface area contributed by atoms with Gasteiger partial charge in [0.1, 0.15) is 5.39 Å². The molecule has 8 heteroatoms. The van der Waals surface area contributed by atoms with Gasteiger partial charge in [0, 0.05) is 49.3 Å². The van der Waals surface area contributed by atoms with Crippen LogP contribution in [0.5, 0.6) is 0 Å². The van der Waals surface area contributed by atoms with Crippen molar-refractivity contribution < 1.29 is 9.52 Å². The Balaban J connectivity index is 1.84. The van der Waals surface area contributed by atoms with Gasteiger partial charge in [0.05, 0.1) is 0 Å². The number of nitrogens with zero attached hydrogens (tertiary/aromatic N) is 4. The van der Waals surface area contributed by atoms with Crippen molar-refractivity contribution in [2.75, 3.05) is 26.2 Å². The molecule has 1 saturated heterocycles. The average molecular weight is 336 g/mol. The maximum atomic E-state index is 12.6. The lowest BCUT2D eigenvalue weighted by molar-refractivity contribution is -0.574. The molecule has 3 rings (SSSR count). The normalized spacial score (nSPS) is 16.9. The van der Waals surface area contributed by atoms with Gasteiger partial charge in [0.25, 0.3) is 5.56 Å². The second kappa shape index (κ2) is 5.61. The lowest BCUT2D eigenvalue weighted by atomic mass is 10.1. The van der Waals surface area contributed by atoms with Crippen molar-refractivity contribution in [1.29, 1.82) is 0 Å². The van der Waals surface area contributed by atoms with E-state index >= 15 is 0 Å². The summed E-state index contributed by atoms with van der Waals surface area (Å²) in [6.07, 6.45) is 1.33. The van der Waals surface area contributed by atoms with E-state index in [-0.39, 0.29) is 21.8 Å². The van der Waals surface area contributed by atoms with Gasteiger partial charge in [-0.2, -0.15) is 8.69 Å². The number of rotatable bonds is 0. The third-order valence-corrected chi connectivity index (χ3v) is 5.26. The highest BCUT2D eigenvalue weighted by Crippen LogP contribution is 2.17. The molecule has 2 aromatic heterocycles. The number of hydrogen-bond donors (Lipinski definition) is 0. The van der Waals surface area contributed by atoms with Crippen molar-refractivity contribution in [3.05, 3.63) is 33.9 Å². The summed E-state index contributed by atoms with van der Waals surface area (Å²) in [5.74, 6) is 0. The van der Waals surface area contributed by atoms with Crippen LogP contribution < -0.4 is 10.3 Å². The first-order valence-corrected chi connectivity index (χ1v) is 8.35. The molecule has 7 nitrogen and oxygen atoms in total. The molecule has 23 heavy (non-hydrogen) atoms. The first-order chi connectivity index (χ1) is 10.8. The zero-order valence-electron chi connectivity index (χ0n) is 13.5. The Hall–Kier alpha value is -1.93. The van der Waals surface area contributed by atoms with Gasteiger partial charge in [-0.1, -0.05) is 0 Å². The molecular formula is C15H20N4O3S. The summed E-state index contributed by atoms with van der Waals surface area (Å²) in [5, 5.41) is 12.0. The smallest absolute Gasteiger partial charge is 0.341 e. The number of piperazine rings is 1. The molecule has 1 aliphatic heterocycles. The second-order valence-corrected chi connectivity index (χ2v) is 7.61. The number of carbonyl (C=O) groups excluding carboxylic acids is 1. The van der Waals surface area contributed by atoms with Gasteiger partial charge in [-0.15, -0.1) is 0 Å². The molecule has 1 fully saturated rings. The number of hydrogen-bond acceptors (Lipinski definition) is 5. The van der Waals surface area contributed by atoms with Crippen LogP contribution in [0.2, 0.25) is 0 Å². The first-order valence-electron chi connectivity index (χ1n) is 7.57. The standard InChI is InChI=1S/C15H20N4O3S/c1-15(2,3)17-9-7-16(8-10-17)14(21)19-12(20)11-5-4-6-18(22)13(11)23-19/h4-6H,7-10H2,1-3H3. The van der Waals surface area contributed by atoms with Crippen LogP contribution in [0.3, 0.4) is 0 Å². The van der Waals surface area contributed by atoms with Crippen molar-refractivity contribution in [3.63, 3.8) is 0 Å². The molecule has 0 unspecified atom stereocenters. The Morgan fingerprint density at radius 1 is 1.26 bits per heavy atom. The monoisotopic (exact) mass is 336 g/mol. The van der Waals surface area contributed by atoms with E-state index in [1.807, 2.05) is 0 Å². The molecule has 0 N–H and O–H groups in total. The van der Waals surface area contributed by atoms with Gasteiger partial charge in [-0.25, -0.2) is 4.79 Å². The van der Waals surface area contributed by atoms with Crippen molar-refractivity contribution in [2.45, 2.75) is 26.3 Å². The van der Waals surface area contributed by atoms with Gasteiger partial charge in [0.15, 0.2) is 6.20 Å². The SMILES string of the molecule is CC(C)(C)N1CCN(C(=O)n2sc3c(ccc[n+]3[O-])c2=O)CC1. The minimum Gasteiger partial charge on any atom is -0.618 e. The van der Waals surface area contributed by atoms with Crippen LogP contribution in [0.25, 0.3) is 10.2 Å². The summed E-state index contributed by atoms with van der Waals surface area (Å²) < 4.78 is 1.72. The molecule has 2 aromatic rings. The molecule has 3 heterocycles. The lowest BCUT2D eigenvalue weighted by Gasteiger charge is -2.41. The lowest BCUT2D eigenvalue weighted by Crippen LogP contribution is -2.55. The maximum absolute atomic E-state index is 12.6. The minimum absolute atomic E-state index is 0.0671. The van der Waals surface area contributed by atoms with E-state index in [4.69, 9.17) is 0 Å². The van der Waals surface area contributed by atoms with Gasteiger partial charge in [-0.3, -0.25) is 9.69 Å². The second-order valence-electron chi connectivity index (χ2n) is 6.67. The Morgan fingerprint density at radius 3 is 2.48 bits per heavy atom. The molecule has 1 aliphatic rings. The number of pyridine rings is 1. The minimum atomic E-state index is -0.418. The van der Waals surface area contributed by atoms with Gasteiger partial charge in [0.2, 0.25) is 0 Å². The van der Waals surface area contributed by atoms with E-state index in [1.165, 1.54) is 12.3 Å². The number of aromatic nitrogens is 2. The average Bonchev–Trinajstić information content (AvgIpc) is 2.85. The maximum Gasteiger partial charge on any atom is 0.341 e. The fraction of sp³-hybridized carbons (Fsp3) is 0.533. The van der Waals surface area contributed by atoms with Crippen molar-refractivity contribution in [2.24, 2.45) is 0 Å². The van der Waals surface area contributed by atoms with E-state index in [2.05, 4.69) is 25.7 Å². The third kappa shape index (κ3) is 2.84. The number of amides is 1. The van der Waals surface area contributed by atoms with Crippen LogP contribution in [-0.2, 0) is 0 Å². The molecule has 0 aromatic carbocycles. The van der Waals surface area contributed by atoms with Crippen LogP contribution in [-0.4, -0.2) is 51.5 Å². The summed E-state index contributed by atoms with van der Waals surface area (Å²) in [4.78, 5) is 29.2. The van der Waals surface area contributed by atoms with E-state index in [1.54, 1.807) is 11.0 Å². The highest BCUT2D eigenvalue weighted by atomic mass is 32.1. The Labute approximate surface area is 138 Å². The van der Waals surface area contributed by atoms with E-state index in [0.29, 0.717) is 17.8 Å². The Bertz CT molecular complexity index is 797. The van der Waals surface area contributed by atoms with E-state index < -0.39 is 5.56 Å². The van der Waals surface area contributed by atoms with Crippen LogP contribution >= 0.6 is 11.5 Å². The fourth-order valence-electron chi connectivity index (χ4n) is 2.79. The fourth-order valence-corrected chi connectivity index (χ4v) is 3.73. The van der Waals surface area contributed by atoms with E-state index in [9.17, 15) is 14.8 Å². The topological polar surface area (TPSA) is 72.5 Å². The quantitative estimate of drug-likeness (QED) is 0.533. The highest BCUT2D eigenvalue weighted by molar-refractivity contribution is 7.13. The number of fused-ring (bicyclic) bond motifs is 1. The largest absolute Gasteiger partial charge is 0.618 e. The van der Waals surface area contributed by atoms with Crippen LogP contribution in [0, 0.1) is 5.21 Å². The molecule has 0 radical (unpaired) electrons. The molecule has 0 atom stereocenters. The summed E-state index contributed by atoms with van der Waals surface area (Å²) in [6.45, 7) is 9.14. The zero-order valence-corrected chi connectivity index (χ0v) is 14.3. The highest BCUT2D eigenvalue weighted by Gasteiger charge is 2.30. The molecule has 0 aliphatic carbocycles. The van der Waals surface area contributed by atoms with Crippen LogP contribution in [0.1, 0.15) is 20.8 Å². The Kier molecular flexibility index (Phi) is 3.89. The summed E-state index contributed by atoms with van der Waals surface area (Å²) in [6, 6.07) is 2.74. The molecule has 0 saturated carbocycles. The summed E-state index contributed by atoms with van der Waals surface area (Å²) in [5.41, 5.74) is -0.351. The van der Waals surface area contributed by atoms with Crippen molar-refractivity contribution in [1.82, 2.24) is 13.8 Å². The molecule has 1 amide bonds. The van der Waals surface area contributed by atoms with Crippen molar-refractivity contribution in [3.8, 4) is 0 Å². The molecule has 0 bridgehead atoms. The van der Waals surface area contributed by atoms with Gasteiger partial charge in [-0.05, 0) is 26.8 Å². The van der Waals surface area contributed by atoms with Crippen LogP contribution in [0.15, 0.2) is 23.1 Å². The predicted octanol–water partition coefficient (Wildman–Crippen LogP) is 1.08. The molecule has 124 valence electrons.